The van der Waals surface area contributed by atoms with Gasteiger partial charge in [-0.3, -0.25) is 0 Å². The average Bonchev–Trinajstić information content (AvgIpc) is 1.97. The molecule has 0 fully saturated rings. The molecule has 0 spiro atoms. The van der Waals surface area contributed by atoms with Crippen molar-refractivity contribution in [2.24, 2.45) is 0 Å². The average molecular weight is 175 g/mol. The molecule has 0 unspecified atom stereocenters. The number of pyridine rings is 1. The van der Waals surface area contributed by atoms with Crippen LogP contribution in [0, 0.1) is 0 Å². The third-order valence-electron chi connectivity index (χ3n) is 0.750. The highest BCUT2D eigenvalue weighted by molar-refractivity contribution is 6.30. The molecule has 0 amide bonds. The van der Waals surface area contributed by atoms with Gasteiger partial charge in [-0.15, -0.1) is 0 Å². The zero-order chi connectivity index (χ0) is 8.69. The first-order chi connectivity index (χ1) is 5.20. The second-order valence-electron chi connectivity index (χ2n) is 1.72. The second-order valence-corrected chi connectivity index (χ2v) is 2.15. The number of aliphatic hydroxyl groups excluding tert-OH is 1. The van der Waals surface area contributed by atoms with E-state index < -0.39 is 0 Å². The molecule has 0 bridgehead atoms. The molecule has 3 N–H and O–H groups in total. The van der Waals surface area contributed by atoms with E-state index in [0.717, 1.165) is 0 Å². The quantitative estimate of drug-likeness (QED) is 0.624. The van der Waals surface area contributed by atoms with Crippen LogP contribution in [0.4, 0.5) is 5.82 Å². The highest BCUT2D eigenvalue weighted by Gasteiger charge is 1.83. The number of nitrogens with two attached hydrogens (primary N) is 1. The fourth-order valence-electron chi connectivity index (χ4n) is 0.387. The lowest BCUT2D eigenvalue weighted by molar-refractivity contribution is 0.318. The maximum atomic E-state index is 7.57. The number of nitrogens with zero attached hydrogens (tertiary/aromatic N) is 1. The minimum absolute atomic E-state index is 0.250. The zero-order valence-electron chi connectivity index (χ0n) is 6.29. The minimum Gasteiger partial charge on any atom is -0.397 e. The normalized spacial score (nSPS) is 8.27. The second kappa shape index (κ2) is 5.95. The third kappa shape index (κ3) is 5.63. The van der Waals surface area contributed by atoms with Crippen LogP contribution in [0.1, 0.15) is 6.92 Å². The molecule has 0 saturated carbocycles. The molecule has 0 saturated heterocycles. The van der Waals surface area contributed by atoms with E-state index in [1.165, 1.54) is 6.20 Å². The summed E-state index contributed by atoms with van der Waals surface area (Å²) in [5, 5.41) is 8.18. The Morgan fingerprint density at radius 2 is 2.18 bits per heavy atom. The summed E-state index contributed by atoms with van der Waals surface area (Å²) < 4.78 is 0. The van der Waals surface area contributed by atoms with Gasteiger partial charge in [0.15, 0.2) is 0 Å². The van der Waals surface area contributed by atoms with E-state index in [9.17, 15) is 0 Å². The molecular formula is C7H11ClN2O. The van der Waals surface area contributed by atoms with Crippen molar-refractivity contribution in [3.8, 4) is 0 Å². The summed E-state index contributed by atoms with van der Waals surface area (Å²) in [7, 11) is 0. The van der Waals surface area contributed by atoms with Crippen molar-refractivity contribution in [1.29, 1.82) is 0 Å². The van der Waals surface area contributed by atoms with Crippen LogP contribution in [-0.2, 0) is 0 Å². The lowest BCUT2D eigenvalue weighted by Crippen LogP contribution is -1.86. The third-order valence-corrected chi connectivity index (χ3v) is 0.974. The molecule has 3 nitrogen and oxygen atoms in total. The van der Waals surface area contributed by atoms with Gasteiger partial charge in [0, 0.05) is 12.8 Å². The standard InChI is InChI=1S/C5H5ClN2.C2H6O/c6-4-1-2-5(7)8-3-4;1-2-3/h1-3H,(H2,7,8);3H,2H2,1H3. The van der Waals surface area contributed by atoms with Crippen LogP contribution < -0.4 is 5.73 Å². The minimum atomic E-state index is 0.250. The Morgan fingerprint density at radius 3 is 2.45 bits per heavy atom. The molecule has 0 aliphatic heterocycles. The molecular weight excluding hydrogens is 164 g/mol. The van der Waals surface area contributed by atoms with Crippen LogP contribution in [0.3, 0.4) is 0 Å². The topological polar surface area (TPSA) is 59.1 Å². The number of hydrogen-bond acceptors (Lipinski definition) is 3. The highest BCUT2D eigenvalue weighted by atomic mass is 35.5. The Labute approximate surface area is 70.8 Å². The molecule has 11 heavy (non-hydrogen) atoms. The lowest BCUT2D eigenvalue weighted by atomic mass is 10.5. The van der Waals surface area contributed by atoms with E-state index in [4.69, 9.17) is 22.4 Å². The van der Waals surface area contributed by atoms with E-state index in [1.807, 2.05) is 0 Å². The van der Waals surface area contributed by atoms with Crippen molar-refractivity contribution in [3.63, 3.8) is 0 Å². The molecule has 1 aromatic rings. The number of rotatable bonds is 0. The first-order valence-corrected chi connectivity index (χ1v) is 3.56. The van der Waals surface area contributed by atoms with E-state index in [0.29, 0.717) is 10.8 Å². The molecule has 0 aliphatic carbocycles. The molecule has 0 aliphatic rings. The molecule has 1 aromatic heterocycles. The van der Waals surface area contributed by atoms with Gasteiger partial charge in [0.2, 0.25) is 0 Å². The van der Waals surface area contributed by atoms with Gasteiger partial charge in [-0.25, -0.2) is 4.98 Å². The fourth-order valence-corrected chi connectivity index (χ4v) is 0.499. The molecule has 0 aromatic carbocycles. The van der Waals surface area contributed by atoms with Crippen LogP contribution >= 0.6 is 11.6 Å². The van der Waals surface area contributed by atoms with E-state index >= 15 is 0 Å². The van der Waals surface area contributed by atoms with E-state index in [1.54, 1.807) is 19.1 Å². The first kappa shape index (κ1) is 10.2. The SMILES string of the molecule is CCO.Nc1ccc(Cl)cn1. The van der Waals surface area contributed by atoms with Gasteiger partial charge >= 0.3 is 0 Å². The van der Waals surface area contributed by atoms with Gasteiger partial charge in [0.1, 0.15) is 5.82 Å². The number of nitrogen functional groups attached to an aromatic ring is 1. The first-order valence-electron chi connectivity index (χ1n) is 3.18. The summed E-state index contributed by atoms with van der Waals surface area (Å²) in [6.45, 7) is 1.93. The summed E-state index contributed by atoms with van der Waals surface area (Å²) in [6, 6.07) is 3.35. The summed E-state index contributed by atoms with van der Waals surface area (Å²) in [5.74, 6) is 0.495. The predicted octanol–water partition coefficient (Wildman–Crippen LogP) is 1.32. The molecule has 1 heterocycles. The number of anilines is 1. The van der Waals surface area contributed by atoms with Crippen LogP contribution in [0.2, 0.25) is 5.02 Å². The van der Waals surface area contributed by atoms with Crippen LogP contribution in [0.15, 0.2) is 18.3 Å². The van der Waals surface area contributed by atoms with Crippen LogP contribution in [-0.4, -0.2) is 16.7 Å². The Hall–Kier alpha value is -0.800. The Balaban J connectivity index is 0.000000292. The van der Waals surface area contributed by atoms with Gasteiger partial charge in [0.05, 0.1) is 5.02 Å². The monoisotopic (exact) mass is 174 g/mol. The van der Waals surface area contributed by atoms with Crippen molar-refractivity contribution >= 4 is 17.4 Å². The molecule has 0 atom stereocenters. The zero-order valence-corrected chi connectivity index (χ0v) is 7.04. The number of aromatic nitrogens is 1. The van der Waals surface area contributed by atoms with Crippen molar-refractivity contribution in [1.82, 2.24) is 4.98 Å². The maximum Gasteiger partial charge on any atom is 0.123 e. The molecule has 4 heteroatoms. The van der Waals surface area contributed by atoms with Gasteiger partial charge in [-0.05, 0) is 19.1 Å². The van der Waals surface area contributed by atoms with Gasteiger partial charge in [0.25, 0.3) is 0 Å². The number of aliphatic hydroxyl groups is 1. The molecule has 0 radical (unpaired) electrons. The largest absolute Gasteiger partial charge is 0.397 e. The summed E-state index contributed by atoms with van der Waals surface area (Å²) in [4.78, 5) is 3.72. The van der Waals surface area contributed by atoms with Gasteiger partial charge in [-0.2, -0.15) is 0 Å². The summed E-state index contributed by atoms with van der Waals surface area (Å²) in [6.07, 6.45) is 1.51. The maximum absolute atomic E-state index is 7.57. The molecule has 1 rings (SSSR count). The Kier molecular flexibility index (Phi) is 5.51. The Morgan fingerprint density at radius 1 is 1.64 bits per heavy atom. The van der Waals surface area contributed by atoms with Gasteiger partial charge < -0.3 is 10.8 Å². The number of halogens is 1. The van der Waals surface area contributed by atoms with Crippen LogP contribution in [0.25, 0.3) is 0 Å². The van der Waals surface area contributed by atoms with E-state index in [2.05, 4.69) is 4.98 Å². The van der Waals surface area contributed by atoms with Crippen molar-refractivity contribution in [2.45, 2.75) is 6.92 Å². The smallest absolute Gasteiger partial charge is 0.123 e. The van der Waals surface area contributed by atoms with Crippen molar-refractivity contribution in [2.75, 3.05) is 12.3 Å². The number of hydrogen-bond donors (Lipinski definition) is 2. The van der Waals surface area contributed by atoms with Crippen molar-refractivity contribution in [3.05, 3.63) is 23.4 Å². The fraction of sp³-hybridized carbons (Fsp3) is 0.286. The van der Waals surface area contributed by atoms with Crippen molar-refractivity contribution < 1.29 is 5.11 Å². The summed E-state index contributed by atoms with van der Waals surface area (Å²) in [5.41, 5.74) is 5.26. The Bertz CT molecular complexity index is 167. The van der Waals surface area contributed by atoms with Crippen LogP contribution in [0.5, 0.6) is 0 Å². The van der Waals surface area contributed by atoms with Gasteiger partial charge in [-0.1, -0.05) is 11.6 Å². The summed E-state index contributed by atoms with van der Waals surface area (Å²) >= 11 is 5.49. The lowest BCUT2D eigenvalue weighted by Gasteiger charge is -1.87. The molecule has 62 valence electrons. The van der Waals surface area contributed by atoms with E-state index in [-0.39, 0.29) is 6.61 Å². The highest BCUT2D eigenvalue weighted by Crippen LogP contribution is 2.05. The predicted molar refractivity (Wildman–Crippen MR) is 46.4 cm³/mol.